The van der Waals surface area contributed by atoms with Gasteiger partial charge in [0.05, 0.1) is 0 Å². The van der Waals surface area contributed by atoms with E-state index in [1.807, 2.05) is 11.3 Å². The van der Waals surface area contributed by atoms with Crippen molar-refractivity contribution in [3.63, 3.8) is 0 Å². The second kappa shape index (κ2) is 7.45. The van der Waals surface area contributed by atoms with Crippen LogP contribution in [0.15, 0.2) is 16.8 Å². The molecule has 1 fully saturated rings. The Morgan fingerprint density at radius 2 is 2.24 bits per heavy atom. The average Bonchev–Trinajstić information content (AvgIpc) is 2.89. The molecule has 1 aromatic heterocycles. The summed E-state index contributed by atoms with van der Waals surface area (Å²) in [7, 11) is 0. The minimum atomic E-state index is 0.592. The topological polar surface area (TPSA) is 12.0 Å². The lowest BCUT2D eigenvalue weighted by molar-refractivity contribution is 0.371. The molecule has 1 aliphatic rings. The van der Waals surface area contributed by atoms with Gasteiger partial charge < -0.3 is 5.32 Å². The molecular formula is C14H23NS2. The molecule has 0 bridgehead atoms. The maximum atomic E-state index is 3.72. The van der Waals surface area contributed by atoms with E-state index in [-0.39, 0.29) is 0 Å². The van der Waals surface area contributed by atoms with Crippen LogP contribution < -0.4 is 5.32 Å². The average molecular weight is 269 g/mol. The molecule has 2 rings (SSSR count). The Morgan fingerprint density at radius 1 is 1.41 bits per heavy atom. The van der Waals surface area contributed by atoms with Gasteiger partial charge >= 0.3 is 0 Å². The van der Waals surface area contributed by atoms with Gasteiger partial charge in [-0.15, -0.1) is 0 Å². The quantitative estimate of drug-likeness (QED) is 0.825. The minimum Gasteiger partial charge on any atom is -0.310 e. The van der Waals surface area contributed by atoms with Crippen molar-refractivity contribution in [1.82, 2.24) is 5.32 Å². The van der Waals surface area contributed by atoms with Crippen LogP contribution in [0, 0.1) is 5.92 Å². The Morgan fingerprint density at radius 3 is 2.88 bits per heavy atom. The summed E-state index contributed by atoms with van der Waals surface area (Å²) in [6.45, 7) is 3.39. The normalized spacial score (nSPS) is 19.4. The summed E-state index contributed by atoms with van der Waals surface area (Å²) in [5.74, 6) is 3.68. The predicted octanol–water partition coefficient (Wildman–Crippen LogP) is 4.32. The zero-order chi connectivity index (χ0) is 11.9. The lowest BCUT2D eigenvalue weighted by Gasteiger charge is -2.26. The fourth-order valence-electron chi connectivity index (χ4n) is 2.44. The number of hydrogen-bond donors (Lipinski definition) is 1. The molecule has 0 radical (unpaired) electrons. The zero-order valence-corrected chi connectivity index (χ0v) is 12.3. The highest BCUT2D eigenvalue weighted by Gasteiger charge is 2.20. The van der Waals surface area contributed by atoms with E-state index in [9.17, 15) is 0 Å². The summed E-state index contributed by atoms with van der Waals surface area (Å²) in [6, 6.07) is 2.88. The van der Waals surface area contributed by atoms with E-state index in [2.05, 4.69) is 40.8 Å². The van der Waals surface area contributed by atoms with Crippen LogP contribution in [-0.4, -0.2) is 18.1 Å². The van der Waals surface area contributed by atoms with Gasteiger partial charge in [-0.3, -0.25) is 0 Å². The van der Waals surface area contributed by atoms with Gasteiger partial charge in [-0.2, -0.15) is 23.1 Å². The smallest absolute Gasteiger partial charge is 0.0331 e. The molecular weight excluding hydrogens is 246 g/mol. The molecule has 0 aliphatic carbocycles. The van der Waals surface area contributed by atoms with Crippen LogP contribution in [0.5, 0.6) is 0 Å². The first-order valence-electron chi connectivity index (χ1n) is 6.73. The van der Waals surface area contributed by atoms with Crippen molar-refractivity contribution in [2.75, 3.05) is 18.1 Å². The second-order valence-corrected chi connectivity index (χ2v) is 6.86. The summed E-state index contributed by atoms with van der Waals surface area (Å²) in [4.78, 5) is 0. The van der Waals surface area contributed by atoms with E-state index < -0.39 is 0 Å². The van der Waals surface area contributed by atoms with Gasteiger partial charge in [0.2, 0.25) is 0 Å². The molecule has 96 valence electrons. The van der Waals surface area contributed by atoms with Gasteiger partial charge in [-0.25, -0.2) is 0 Å². The van der Waals surface area contributed by atoms with Crippen molar-refractivity contribution in [1.29, 1.82) is 0 Å². The first-order chi connectivity index (χ1) is 8.40. The number of thiophene rings is 1. The van der Waals surface area contributed by atoms with Crippen molar-refractivity contribution < 1.29 is 0 Å². The van der Waals surface area contributed by atoms with E-state index >= 15 is 0 Å². The number of nitrogens with one attached hydrogen (secondary N) is 1. The van der Waals surface area contributed by atoms with Crippen LogP contribution in [-0.2, 0) is 0 Å². The van der Waals surface area contributed by atoms with Crippen LogP contribution in [0.25, 0.3) is 0 Å². The summed E-state index contributed by atoms with van der Waals surface area (Å²) < 4.78 is 0. The standard InChI is InChI=1S/C14H23NS2/c1-2-6-15-14(13-5-9-17-11-13)10-12-3-7-16-8-4-12/h5,9,11-12,14-15H,2-4,6-8,10H2,1H3. The summed E-state index contributed by atoms with van der Waals surface area (Å²) in [5, 5.41) is 8.23. The van der Waals surface area contributed by atoms with Crippen molar-refractivity contribution in [2.45, 2.75) is 38.6 Å². The SMILES string of the molecule is CCCNC(CC1CCSCC1)c1ccsc1. The van der Waals surface area contributed by atoms with E-state index in [0.29, 0.717) is 6.04 Å². The molecule has 1 unspecified atom stereocenters. The van der Waals surface area contributed by atoms with Crippen molar-refractivity contribution in [3.8, 4) is 0 Å². The third-order valence-electron chi connectivity index (χ3n) is 3.50. The molecule has 0 aromatic carbocycles. The number of rotatable bonds is 6. The Kier molecular flexibility index (Phi) is 5.89. The summed E-state index contributed by atoms with van der Waals surface area (Å²) in [6.07, 6.45) is 5.39. The van der Waals surface area contributed by atoms with Gasteiger partial charge in [0, 0.05) is 6.04 Å². The Balaban J connectivity index is 1.90. The molecule has 0 saturated carbocycles. The van der Waals surface area contributed by atoms with Gasteiger partial charge in [-0.05, 0) is 72.0 Å². The first-order valence-corrected chi connectivity index (χ1v) is 8.83. The van der Waals surface area contributed by atoms with E-state index in [1.165, 1.54) is 42.8 Å². The molecule has 0 amide bonds. The maximum absolute atomic E-state index is 3.72. The highest BCUT2D eigenvalue weighted by atomic mass is 32.2. The molecule has 2 heterocycles. The number of hydrogen-bond acceptors (Lipinski definition) is 3. The predicted molar refractivity (Wildman–Crippen MR) is 80.0 cm³/mol. The van der Waals surface area contributed by atoms with E-state index in [1.54, 1.807) is 0 Å². The Hall–Kier alpha value is 0.01000. The molecule has 1 saturated heterocycles. The minimum absolute atomic E-state index is 0.592. The van der Waals surface area contributed by atoms with Crippen LogP contribution in [0.2, 0.25) is 0 Å². The molecule has 1 atom stereocenters. The lowest BCUT2D eigenvalue weighted by atomic mass is 9.91. The third kappa shape index (κ3) is 4.31. The second-order valence-electron chi connectivity index (χ2n) is 4.85. The van der Waals surface area contributed by atoms with Crippen molar-refractivity contribution in [2.24, 2.45) is 5.92 Å². The molecule has 17 heavy (non-hydrogen) atoms. The lowest BCUT2D eigenvalue weighted by Crippen LogP contribution is -2.25. The Labute approximate surface area is 113 Å². The molecule has 1 nitrogen and oxygen atoms in total. The van der Waals surface area contributed by atoms with Crippen LogP contribution in [0.1, 0.15) is 44.2 Å². The highest BCUT2D eigenvalue weighted by molar-refractivity contribution is 7.99. The number of thioether (sulfide) groups is 1. The van der Waals surface area contributed by atoms with Crippen molar-refractivity contribution in [3.05, 3.63) is 22.4 Å². The van der Waals surface area contributed by atoms with E-state index in [4.69, 9.17) is 0 Å². The first kappa shape index (κ1) is 13.4. The van der Waals surface area contributed by atoms with Gasteiger partial charge in [-0.1, -0.05) is 6.92 Å². The third-order valence-corrected chi connectivity index (χ3v) is 5.25. The molecule has 1 N–H and O–H groups in total. The van der Waals surface area contributed by atoms with Gasteiger partial charge in [0.25, 0.3) is 0 Å². The molecule has 1 aromatic rings. The van der Waals surface area contributed by atoms with Gasteiger partial charge in [0.1, 0.15) is 0 Å². The molecule has 0 spiro atoms. The molecule has 1 aliphatic heterocycles. The largest absolute Gasteiger partial charge is 0.310 e. The highest BCUT2D eigenvalue weighted by Crippen LogP contribution is 2.31. The monoisotopic (exact) mass is 269 g/mol. The summed E-state index contributed by atoms with van der Waals surface area (Å²) in [5.41, 5.74) is 1.50. The molecule has 3 heteroatoms. The van der Waals surface area contributed by atoms with Gasteiger partial charge in [0.15, 0.2) is 0 Å². The summed E-state index contributed by atoms with van der Waals surface area (Å²) >= 11 is 3.94. The van der Waals surface area contributed by atoms with Crippen molar-refractivity contribution >= 4 is 23.1 Å². The van der Waals surface area contributed by atoms with Crippen LogP contribution in [0.4, 0.5) is 0 Å². The maximum Gasteiger partial charge on any atom is 0.0331 e. The fourth-order valence-corrected chi connectivity index (χ4v) is 4.36. The zero-order valence-electron chi connectivity index (χ0n) is 10.7. The fraction of sp³-hybridized carbons (Fsp3) is 0.714. The van der Waals surface area contributed by atoms with Crippen LogP contribution >= 0.6 is 23.1 Å². The van der Waals surface area contributed by atoms with Crippen LogP contribution in [0.3, 0.4) is 0 Å². The van der Waals surface area contributed by atoms with E-state index in [0.717, 1.165) is 12.5 Å². The Bertz CT molecular complexity index is 291.